The lowest BCUT2D eigenvalue weighted by Gasteiger charge is -2.13. The molecule has 0 bridgehead atoms. The van der Waals surface area contributed by atoms with E-state index >= 15 is 0 Å². The van der Waals surface area contributed by atoms with Crippen LogP contribution < -0.4 is 10.6 Å². The summed E-state index contributed by atoms with van der Waals surface area (Å²) in [5.41, 5.74) is 1.60. The Balaban J connectivity index is 1.75. The highest BCUT2D eigenvalue weighted by Crippen LogP contribution is 2.16. The smallest absolute Gasteiger partial charge is 0.315 e. The molecule has 5 nitrogen and oxygen atoms in total. The number of aliphatic hydroxyl groups is 1. The minimum absolute atomic E-state index is 0.114. The zero-order valence-electron chi connectivity index (χ0n) is 11.5. The topological polar surface area (TPSA) is 74.2 Å². The van der Waals surface area contributed by atoms with Crippen LogP contribution in [0.5, 0.6) is 0 Å². The first-order valence-electron chi connectivity index (χ1n) is 6.41. The Labute approximate surface area is 132 Å². The van der Waals surface area contributed by atoms with Gasteiger partial charge in [0.1, 0.15) is 5.01 Å². The predicted molar refractivity (Wildman–Crippen MR) is 83.5 cm³/mol. The van der Waals surface area contributed by atoms with Crippen molar-refractivity contribution in [3.63, 3.8) is 0 Å². The zero-order chi connectivity index (χ0) is 15.2. The van der Waals surface area contributed by atoms with Gasteiger partial charge in [0.05, 0.1) is 12.6 Å². The Morgan fingerprint density at radius 1 is 1.48 bits per heavy atom. The van der Waals surface area contributed by atoms with Crippen molar-refractivity contribution in [1.82, 2.24) is 15.6 Å². The standard InChI is InChI=1S/C14H16ClN3O2S/c1-9-8-21-13(18-9)7-17-14(20)16-6-12(19)10-3-2-4-11(15)5-10/h2-5,8,12,19H,6-7H2,1H3,(H2,16,17,20). The molecule has 2 amide bonds. The number of benzene rings is 1. The highest BCUT2D eigenvalue weighted by Gasteiger charge is 2.10. The first-order chi connectivity index (χ1) is 10.0. The fourth-order valence-electron chi connectivity index (χ4n) is 1.72. The first kappa shape index (κ1) is 15.8. The van der Waals surface area contributed by atoms with E-state index in [4.69, 9.17) is 11.6 Å². The molecule has 112 valence electrons. The molecule has 0 radical (unpaired) electrons. The Morgan fingerprint density at radius 3 is 2.95 bits per heavy atom. The van der Waals surface area contributed by atoms with Gasteiger partial charge >= 0.3 is 6.03 Å². The number of aryl methyl sites for hydroxylation is 1. The number of aliphatic hydroxyl groups excluding tert-OH is 1. The van der Waals surface area contributed by atoms with E-state index in [0.29, 0.717) is 17.1 Å². The second-order valence-corrected chi connectivity index (χ2v) is 5.90. The van der Waals surface area contributed by atoms with Gasteiger partial charge in [0.15, 0.2) is 0 Å². The van der Waals surface area contributed by atoms with Crippen molar-refractivity contribution in [2.45, 2.75) is 19.6 Å². The third kappa shape index (κ3) is 5.00. The molecular weight excluding hydrogens is 310 g/mol. The molecule has 7 heteroatoms. The van der Waals surface area contributed by atoms with E-state index in [1.807, 2.05) is 12.3 Å². The monoisotopic (exact) mass is 325 g/mol. The normalized spacial score (nSPS) is 12.0. The van der Waals surface area contributed by atoms with E-state index < -0.39 is 6.10 Å². The summed E-state index contributed by atoms with van der Waals surface area (Å²) in [4.78, 5) is 15.9. The second-order valence-electron chi connectivity index (χ2n) is 4.52. The predicted octanol–water partition coefficient (Wildman–Crippen LogP) is 2.64. The van der Waals surface area contributed by atoms with Crippen LogP contribution in [0.1, 0.15) is 22.4 Å². The molecule has 1 atom stereocenters. The molecule has 1 aromatic heterocycles. The highest BCUT2D eigenvalue weighted by molar-refractivity contribution is 7.09. The third-order valence-electron chi connectivity index (χ3n) is 2.76. The SMILES string of the molecule is Cc1csc(CNC(=O)NCC(O)c2cccc(Cl)c2)n1. The Bertz CT molecular complexity index is 618. The van der Waals surface area contributed by atoms with Gasteiger partial charge in [-0.25, -0.2) is 9.78 Å². The van der Waals surface area contributed by atoms with Crippen molar-refractivity contribution in [2.75, 3.05) is 6.54 Å². The van der Waals surface area contributed by atoms with Crippen LogP contribution in [-0.4, -0.2) is 22.7 Å². The minimum Gasteiger partial charge on any atom is -0.387 e. The van der Waals surface area contributed by atoms with Crippen LogP contribution in [-0.2, 0) is 6.54 Å². The largest absolute Gasteiger partial charge is 0.387 e. The fourth-order valence-corrected chi connectivity index (χ4v) is 2.63. The number of aromatic nitrogens is 1. The molecule has 0 aliphatic carbocycles. The molecule has 0 saturated carbocycles. The van der Waals surface area contributed by atoms with Gasteiger partial charge in [-0.1, -0.05) is 23.7 Å². The summed E-state index contributed by atoms with van der Waals surface area (Å²) in [5.74, 6) is 0. The number of carbonyl (C=O) groups excluding carboxylic acids is 1. The number of hydrogen-bond acceptors (Lipinski definition) is 4. The summed E-state index contributed by atoms with van der Waals surface area (Å²) in [6.07, 6.45) is -0.795. The van der Waals surface area contributed by atoms with Crippen LogP contribution >= 0.6 is 22.9 Å². The Hall–Kier alpha value is -1.63. The molecule has 3 N–H and O–H groups in total. The van der Waals surface area contributed by atoms with Crippen molar-refractivity contribution in [1.29, 1.82) is 0 Å². The highest BCUT2D eigenvalue weighted by atomic mass is 35.5. The van der Waals surface area contributed by atoms with Crippen molar-refractivity contribution >= 4 is 29.0 Å². The van der Waals surface area contributed by atoms with Crippen molar-refractivity contribution in [3.05, 3.63) is 50.9 Å². The average molecular weight is 326 g/mol. The number of thiazole rings is 1. The average Bonchev–Trinajstić information content (AvgIpc) is 2.88. The van der Waals surface area contributed by atoms with Gasteiger partial charge in [0, 0.05) is 22.6 Å². The van der Waals surface area contributed by atoms with E-state index in [9.17, 15) is 9.90 Å². The number of nitrogens with zero attached hydrogens (tertiary/aromatic N) is 1. The molecule has 2 rings (SSSR count). The Kier molecular flexibility index (Phi) is 5.55. The summed E-state index contributed by atoms with van der Waals surface area (Å²) in [6, 6.07) is 6.57. The van der Waals surface area contributed by atoms with Gasteiger partial charge in [-0.05, 0) is 24.6 Å². The van der Waals surface area contributed by atoms with E-state index in [0.717, 1.165) is 10.7 Å². The molecule has 0 saturated heterocycles. The number of urea groups is 1. The molecule has 1 heterocycles. The van der Waals surface area contributed by atoms with E-state index in [1.165, 1.54) is 11.3 Å². The lowest BCUT2D eigenvalue weighted by atomic mass is 10.1. The van der Waals surface area contributed by atoms with Gasteiger partial charge in [-0.3, -0.25) is 0 Å². The Morgan fingerprint density at radius 2 is 2.29 bits per heavy atom. The summed E-state index contributed by atoms with van der Waals surface area (Å²) >= 11 is 7.35. The maximum absolute atomic E-state index is 11.6. The van der Waals surface area contributed by atoms with E-state index in [1.54, 1.807) is 24.3 Å². The van der Waals surface area contributed by atoms with Crippen LogP contribution in [0, 0.1) is 6.92 Å². The van der Waals surface area contributed by atoms with E-state index in [2.05, 4.69) is 15.6 Å². The number of rotatable bonds is 5. The molecule has 2 aromatic rings. The van der Waals surface area contributed by atoms with Crippen LogP contribution in [0.25, 0.3) is 0 Å². The van der Waals surface area contributed by atoms with Gasteiger partial charge in [-0.15, -0.1) is 11.3 Å². The van der Waals surface area contributed by atoms with Crippen molar-refractivity contribution in [2.24, 2.45) is 0 Å². The van der Waals surface area contributed by atoms with Crippen LogP contribution in [0.2, 0.25) is 5.02 Å². The van der Waals surface area contributed by atoms with Crippen molar-refractivity contribution in [3.8, 4) is 0 Å². The molecule has 0 aliphatic heterocycles. The summed E-state index contributed by atoms with van der Waals surface area (Å²) in [5, 5.41) is 18.6. The first-order valence-corrected chi connectivity index (χ1v) is 7.66. The molecule has 21 heavy (non-hydrogen) atoms. The molecule has 0 spiro atoms. The second kappa shape index (κ2) is 7.40. The van der Waals surface area contributed by atoms with Gasteiger partial charge in [0.2, 0.25) is 0 Å². The summed E-state index contributed by atoms with van der Waals surface area (Å²) < 4.78 is 0. The maximum Gasteiger partial charge on any atom is 0.315 e. The molecule has 1 aromatic carbocycles. The summed E-state index contributed by atoms with van der Waals surface area (Å²) in [6.45, 7) is 2.39. The van der Waals surface area contributed by atoms with Gasteiger partial charge < -0.3 is 15.7 Å². The quantitative estimate of drug-likeness (QED) is 0.791. The lowest BCUT2D eigenvalue weighted by Crippen LogP contribution is -2.37. The minimum atomic E-state index is -0.795. The lowest BCUT2D eigenvalue weighted by molar-refractivity contribution is 0.173. The molecule has 0 fully saturated rings. The van der Waals surface area contributed by atoms with Crippen LogP contribution in [0.3, 0.4) is 0 Å². The van der Waals surface area contributed by atoms with Crippen molar-refractivity contribution < 1.29 is 9.90 Å². The number of nitrogens with one attached hydrogen (secondary N) is 2. The molecule has 1 unspecified atom stereocenters. The number of amides is 2. The van der Waals surface area contributed by atoms with E-state index in [-0.39, 0.29) is 12.6 Å². The van der Waals surface area contributed by atoms with Gasteiger partial charge in [0.25, 0.3) is 0 Å². The zero-order valence-corrected chi connectivity index (χ0v) is 13.0. The maximum atomic E-state index is 11.6. The van der Waals surface area contributed by atoms with Crippen LogP contribution in [0.4, 0.5) is 4.79 Å². The summed E-state index contributed by atoms with van der Waals surface area (Å²) in [7, 11) is 0. The number of hydrogen-bond donors (Lipinski definition) is 3. The third-order valence-corrected chi connectivity index (χ3v) is 3.96. The fraction of sp³-hybridized carbons (Fsp3) is 0.286. The molecule has 0 aliphatic rings. The number of carbonyl (C=O) groups is 1. The van der Waals surface area contributed by atoms with Gasteiger partial charge in [-0.2, -0.15) is 0 Å². The molecular formula is C14H16ClN3O2S. The van der Waals surface area contributed by atoms with Crippen LogP contribution in [0.15, 0.2) is 29.6 Å². The number of halogens is 1.